The van der Waals surface area contributed by atoms with Gasteiger partial charge in [-0.05, 0) is 55.4 Å². The van der Waals surface area contributed by atoms with E-state index < -0.39 is 0 Å². The maximum atomic E-state index is 5.91. The highest BCUT2D eigenvalue weighted by Gasteiger charge is 2.11. The van der Waals surface area contributed by atoms with Crippen molar-refractivity contribution in [1.82, 2.24) is 4.90 Å². The molecule has 0 amide bonds. The Morgan fingerprint density at radius 3 is 2.70 bits per heavy atom. The second kappa shape index (κ2) is 7.09. The predicted octanol–water partition coefficient (Wildman–Crippen LogP) is 2.67. The molecule has 0 aromatic heterocycles. The van der Waals surface area contributed by atoms with Crippen LogP contribution in [0.15, 0.2) is 18.2 Å². The van der Waals surface area contributed by atoms with E-state index in [1.54, 1.807) is 0 Å². The van der Waals surface area contributed by atoms with Crippen molar-refractivity contribution in [3.8, 4) is 5.75 Å². The third-order valence-electron chi connectivity index (χ3n) is 4.31. The van der Waals surface area contributed by atoms with Gasteiger partial charge >= 0.3 is 0 Å². The Bertz CT molecular complexity index is 427. The summed E-state index contributed by atoms with van der Waals surface area (Å²) >= 11 is 0. The van der Waals surface area contributed by atoms with Gasteiger partial charge in [0.2, 0.25) is 0 Å². The summed E-state index contributed by atoms with van der Waals surface area (Å²) in [7, 11) is 0. The average molecular weight is 275 g/mol. The highest BCUT2D eigenvalue weighted by atomic mass is 16.5. The second-order valence-electron chi connectivity index (χ2n) is 5.79. The molecule has 1 saturated heterocycles. The zero-order valence-electron chi connectivity index (χ0n) is 12.3. The molecule has 0 unspecified atom stereocenters. The third-order valence-corrected chi connectivity index (χ3v) is 4.31. The molecule has 0 atom stereocenters. The molecular weight excluding hydrogens is 250 g/mol. The van der Waals surface area contributed by atoms with Crippen LogP contribution in [0.25, 0.3) is 0 Å². The van der Waals surface area contributed by atoms with E-state index >= 15 is 0 Å². The Balaban J connectivity index is 1.41. The van der Waals surface area contributed by atoms with Crippen LogP contribution in [-0.2, 0) is 17.6 Å². The van der Waals surface area contributed by atoms with Gasteiger partial charge in [-0.1, -0.05) is 6.07 Å². The van der Waals surface area contributed by atoms with Crippen LogP contribution in [0.1, 0.15) is 30.4 Å². The number of nitrogens with zero attached hydrogens (tertiary/aromatic N) is 1. The summed E-state index contributed by atoms with van der Waals surface area (Å²) in [5, 5.41) is 0. The summed E-state index contributed by atoms with van der Waals surface area (Å²) in [5.41, 5.74) is 3.03. The molecular formula is C17H25NO2. The maximum absolute atomic E-state index is 5.91. The number of hydrogen-bond donors (Lipinski definition) is 0. The topological polar surface area (TPSA) is 21.7 Å². The lowest BCUT2D eigenvalue weighted by atomic mass is 9.92. The summed E-state index contributed by atoms with van der Waals surface area (Å²) < 4.78 is 11.3. The average Bonchev–Trinajstić information content (AvgIpc) is 2.52. The first-order valence-electron chi connectivity index (χ1n) is 7.96. The van der Waals surface area contributed by atoms with E-state index in [1.165, 1.54) is 36.8 Å². The van der Waals surface area contributed by atoms with Crippen LogP contribution < -0.4 is 4.74 Å². The minimum Gasteiger partial charge on any atom is -0.494 e. The van der Waals surface area contributed by atoms with Crippen molar-refractivity contribution in [2.45, 2.75) is 32.1 Å². The first-order valence-corrected chi connectivity index (χ1v) is 7.96. The van der Waals surface area contributed by atoms with E-state index in [-0.39, 0.29) is 0 Å². The largest absolute Gasteiger partial charge is 0.494 e. The minimum atomic E-state index is 0.816. The number of morpholine rings is 1. The standard InChI is InChI=1S/C17H25NO2/c1-2-5-16-14-17(7-6-15(16)4-1)20-11-3-8-18-9-12-19-13-10-18/h6-7,14H,1-5,8-13H2. The first-order chi connectivity index (χ1) is 9.92. The SMILES string of the molecule is c1cc2c(cc1OCCCN1CCOCC1)CCCC2. The molecule has 110 valence electrons. The molecule has 1 aromatic rings. The normalized spacial score (nSPS) is 19.6. The van der Waals surface area contributed by atoms with Gasteiger partial charge in [0.15, 0.2) is 0 Å². The summed E-state index contributed by atoms with van der Waals surface area (Å²) in [6, 6.07) is 6.65. The molecule has 1 fully saturated rings. The minimum absolute atomic E-state index is 0.816. The quantitative estimate of drug-likeness (QED) is 0.771. The monoisotopic (exact) mass is 275 g/mol. The van der Waals surface area contributed by atoms with Crippen molar-refractivity contribution in [1.29, 1.82) is 0 Å². The molecule has 1 aromatic carbocycles. The van der Waals surface area contributed by atoms with Gasteiger partial charge in [0.1, 0.15) is 5.75 Å². The van der Waals surface area contributed by atoms with Crippen molar-refractivity contribution < 1.29 is 9.47 Å². The number of ether oxygens (including phenoxy) is 2. The molecule has 0 radical (unpaired) electrons. The Morgan fingerprint density at radius 1 is 1.05 bits per heavy atom. The molecule has 1 aliphatic carbocycles. The third kappa shape index (κ3) is 3.74. The van der Waals surface area contributed by atoms with Crippen molar-refractivity contribution in [3.63, 3.8) is 0 Å². The van der Waals surface area contributed by atoms with Gasteiger partial charge in [-0.15, -0.1) is 0 Å². The van der Waals surface area contributed by atoms with Crippen LogP contribution in [0.4, 0.5) is 0 Å². The van der Waals surface area contributed by atoms with Gasteiger partial charge in [0.25, 0.3) is 0 Å². The van der Waals surface area contributed by atoms with E-state index in [0.29, 0.717) is 0 Å². The Morgan fingerprint density at radius 2 is 1.85 bits per heavy atom. The second-order valence-corrected chi connectivity index (χ2v) is 5.79. The molecule has 3 heteroatoms. The van der Waals surface area contributed by atoms with Crippen LogP contribution in [-0.4, -0.2) is 44.4 Å². The van der Waals surface area contributed by atoms with Crippen molar-refractivity contribution in [2.24, 2.45) is 0 Å². The van der Waals surface area contributed by atoms with Gasteiger partial charge in [0, 0.05) is 19.6 Å². The number of benzene rings is 1. The molecule has 0 bridgehead atoms. The van der Waals surface area contributed by atoms with Crippen LogP contribution in [0, 0.1) is 0 Å². The van der Waals surface area contributed by atoms with Gasteiger partial charge in [-0.3, -0.25) is 4.90 Å². The number of aryl methyl sites for hydroxylation is 2. The van der Waals surface area contributed by atoms with Crippen LogP contribution in [0.3, 0.4) is 0 Å². The highest BCUT2D eigenvalue weighted by Crippen LogP contribution is 2.25. The summed E-state index contributed by atoms with van der Waals surface area (Å²) in [4.78, 5) is 2.46. The van der Waals surface area contributed by atoms with Crippen LogP contribution >= 0.6 is 0 Å². The van der Waals surface area contributed by atoms with Gasteiger partial charge in [0.05, 0.1) is 19.8 Å². The summed E-state index contributed by atoms with van der Waals surface area (Å²) in [6.45, 7) is 5.83. The molecule has 0 saturated carbocycles. The number of fused-ring (bicyclic) bond motifs is 1. The predicted molar refractivity (Wildman–Crippen MR) is 80.5 cm³/mol. The molecule has 3 rings (SSSR count). The molecule has 1 aliphatic heterocycles. The van der Waals surface area contributed by atoms with Gasteiger partial charge < -0.3 is 9.47 Å². The van der Waals surface area contributed by atoms with Gasteiger partial charge in [-0.2, -0.15) is 0 Å². The van der Waals surface area contributed by atoms with E-state index in [2.05, 4.69) is 23.1 Å². The van der Waals surface area contributed by atoms with Gasteiger partial charge in [-0.25, -0.2) is 0 Å². The molecule has 1 heterocycles. The van der Waals surface area contributed by atoms with Crippen molar-refractivity contribution in [2.75, 3.05) is 39.5 Å². The number of rotatable bonds is 5. The Kier molecular flexibility index (Phi) is 4.93. The van der Waals surface area contributed by atoms with Crippen LogP contribution in [0.2, 0.25) is 0 Å². The van der Waals surface area contributed by atoms with Crippen molar-refractivity contribution >= 4 is 0 Å². The van der Waals surface area contributed by atoms with E-state index in [9.17, 15) is 0 Å². The zero-order chi connectivity index (χ0) is 13.6. The molecule has 0 N–H and O–H groups in total. The number of hydrogen-bond acceptors (Lipinski definition) is 3. The van der Waals surface area contributed by atoms with E-state index in [4.69, 9.17) is 9.47 Å². The lowest BCUT2D eigenvalue weighted by molar-refractivity contribution is 0.0358. The summed E-state index contributed by atoms with van der Waals surface area (Å²) in [6.07, 6.45) is 6.23. The molecule has 0 spiro atoms. The highest BCUT2D eigenvalue weighted by molar-refractivity contribution is 5.37. The van der Waals surface area contributed by atoms with Crippen LogP contribution in [0.5, 0.6) is 5.75 Å². The first kappa shape index (κ1) is 13.9. The summed E-state index contributed by atoms with van der Waals surface area (Å²) in [5.74, 6) is 1.05. The maximum Gasteiger partial charge on any atom is 0.119 e. The smallest absolute Gasteiger partial charge is 0.119 e. The lowest BCUT2D eigenvalue weighted by Crippen LogP contribution is -2.37. The molecule has 20 heavy (non-hydrogen) atoms. The fourth-order valence-electron chi connectivity index (χ4n) is 3.10. The fraction of sp³-hybridized carbons (Fsp3) is 0.647. The fourth-order valence-corrected chi connectivity index (χ4v) is 3.10. The van der Waals surface area contributed by atoms with E-state index in [1.807, 2.05) is 0 Å². The lowest BCUT2D eigenvalue weighted by Gasteiger charge is -2.26. The molecule has 2 aliphatic rings. The Hall–Kier alpha value is -1.06. The Labute approximate surface area is 121 Å². The van der Waals surface area contributed by atoms with E-state index in [0.717, 1.165) is 51.6 Å². The van der Waals surface area contributed by atoms with Crippen molar-refractivity contribution in [3.05, 3.63) is 29.3 Å². The zero-order valence-corrected chi connectivity index (χ0v) is 12.3. The molecule has 3 nitrogen and oxygen atoms in total.